The standard InChI is InChI=1S/C63H36N4OS/c1-2-14-37(15-3-1)61-64-62(39-28-31-46-44-18-5-4-16-42(44)43-17-6-7-19-45(43)50(46)35-39)66-63(65-61)49-23-12-26-56-59(49)51-34-38(29-32-55(51)68-56)41-22-13-27-58-60(41)52-36-40(30-33-57(52)69-58)67-53-24-10-8-20-47(53)48-21-9-11-25-54(48)67/h1-36H. The normalized spacial score (nSPS) is 12.1. The van der Waals surface area contributed by atoms with Crippen LogP contribution in [0, 0.1) is 0 Å². The third-order valence-electron chi connectivity index (χ3n) is 14.0. The van der Waals surface area contributed by atoms with E-state index in [0.717, 1.165) is 55.3 Å². The molecule has 0 saturated heterocycles. The lowest BCUT2D eigenvalue weighted by atomic mass is 9.93. The maximum Gasteiger partial charge on any atom is 0.164 e. The number of hydrogen-bond donors (Lipinski definition) is 0. The first kappa shape index (κ1) is 38.2. The van der Waals surface area contributed by atoms with Gasteiger partial charge in [0, 0.05) is 64.1 Å². The molecule has 0 aliphatic rings. The van der Waals surface area contributed by atoms with Gasteiger partial charge in [-0.2, -0.15) is 0 Å². The lowest BCUT2D eigenvalue weighted by Gasteiger charge is -2.13. The molecule has 11 aromatic carbocycles. The Labute approximate surface area is 398 Å². The van der Waals surface area contributed by atoms with Crippen LogP contribution in [0.5, 0.6) is 0 Å². The molecule has 69 heavy (non-hydrogen) atoms. The van der Waals surface area contributed by atoms with Crippen LogP contribution in [-0.2, 0) is 0 Å². The topological polar surface area (TPSA) is 56.7 Å². The van der Waals surface area contributed by atoms with E-state index in [-0.39, 0.29) is 0 Å². The molecule has 15 rings (SSSR count). The van der Waals surface area contributed by atoms with Crippen LogP contribution in [0.25, 0.3) is 147 Å². The summed E-state index contributed by atoms with van der Waals surface area (Å²) in [6, 6.07) is 78.0. The number of hydrogen-bond acceptors (Lipinski definition) is 5. The molecule has 0 N–H and O–H groups in total. The van der Waals surface area contributed by atoms with Crippen LogP contribution in [0.2, 0.25) is 0 Å². The SMILES string of the molecule is c1ccc(-c2nc(-c3ccc4c5ccccc5c5ccccc5c4c3)nc(-c3cccc4oc5ccc(-c6cccc7sc8ccc(-n9c%10ccccc%10c%10ccccc%109)cc8c67)cc5c34)n2)cc1. The van der Waals surface area contributed by atoms with Crippen molar-refractivity contribution in [1.29, 1.82) is 0 Å². The Morgan fingerprint density at radius 1 is 0.319 bits per heavy atom. The fourth-order valence-corrected chi connectivity index (χ4v) is 12.1. The van der Waals surface area contributed by atoms with Crippen LogP contribution < -0.4 is 0 Å². The van der Waals surface area contributed by atoms with Gasteiger partial charge in [-0.15, -0.1) is 11.3 Å². The number of nitrogens with zero attached hydrogens (tertiary/aromatic N) is 4. The second-order valence-corrected chi connectivity index (χ2v) is 18.9. The molecule has 5 nitrogen and oxygen atoms in total. The van der Waals surface area contributed by atoms with Crippen molar-refractivity contribution in [1.82, 2.24) is 19.5 Å². The summed E-state index contributed by atoms with van der Waals surface area (Å²) in [5.41, 5.74) is 10.2. The molecule has 0 spiro atoms. The second-order valence-electron chi connectivity index (χ2n) is 17.8. The molecule has 0 aliphatic carbocycles. The first-order valence-electron chi connectivity index (χ1n) is 23.3. The predicted octanol–water partition coefficient (Wildman–Crippen LogP) is 17.4. The molecule has 6 heteroatoms. The lowest BCUT2D eigenvalue weighted by Crippen LogP contribution is -2.00. The van der Waals surface area contributed by atoms with E-state index in [9.17, 15) is 0 Å². The molecule has 15 aromatic rings. The van der Waals surface area contributed by atoms with E-state index in [2.05, 4.69) is 193 Å². The molecule has 0 amide bonds. The Hall–Kier alpha value is -8.97. The van der Waals surface area contributed by atoms with Crippen molar-refractivity contribution in [3.63, 3.8) is 0 Å². The molecule has 0 fully saturated rings. The molecule has 0 unspecified atom stereocenters. The van der Waals surface area contributed by atoms with E-state index in [4.69, 9.17) is 19.4 Å². The summed E-state index contributed by atoms with van der Waals surface area (Å²) < 4.78 is 11.6. The second kappa shape index (κ2) is 14.8. The molecular weight excluding hydrogens is 861 g/mol. The molecular formula is C63H36N4OS. The van der Waals surface area contributed by atoms with Gasteiger partial charge in [0.25, 0.3) is 0 Å². The third kappa shape index (κ3) is 5.79. The van der Waals surface area contributed by atoms with E-state index < -0.39 is 0 Å². The van der Waals surface area contributed by atoms with Crippen LogP contribution in [0.3, 0.4) is 0 Å². The van der Waals surface area contributed by atoms with Crippen LogP contribution in [-0.4, -0.2) is 19.5 Å². The van der Waals surface area contributed by atoms with E-state index in [0.29, 0.717) is 17.5 Å². The fourth-order valence-electron chi connectivity index (χ4n) is 11.0. The number of para-hydroxylation sites is 2. The van der Waals surface area contributed by atoms with Crippen molar-refractivity contribution in [3.05, 3.63) is 218 Å². The van der Waals surface area contributed by atoms with Gasteiger partial charge < -0.3 is 8.98 Å². The van der Waals surface area contributed by atoms with Gasteiger partial charge in [-0.1, -0.05) is 158 Å². The van der Waals surface area contributed by atoms with Crippen LogP contribution in [0.15, 0.2) is 223 Å². The quantitative estimate of drug-likeness (QED) is 0.162. The van der Waals surface area contributed by atoms with Crippen molar-refractivity contribution in [2.75, 3.05) is 0 Å². The summed E-state index contributed by atoms with van der Waals surface area (Å²) in [6.45, 7) is 0. The zero-order chi connectivity index (χ0) is 45.2. The summed E-state index contributed by atoms with van der Waals surface area (Å²) in [6.07, 6.45) is 0. The summed E-state index contributed by atoms with van der Waals surface area (Å²) in [5.74, 6) is 1.81. The van der Waals surface area contributed by atoms with Gasteiger partial charge in [0.15, 0.2) is 17.5 Å². The van der Waals surface area contributed by atoms with Crippen molar-refractivity contribution in [2.24, 2.45) is 0 Å². The molecule has 0 saturated carbocycles. The number of rotatable bonds is 5. The first-order valence-corrected chi connectivity index (χ1v) is 24.1. The highest BCUT2D eigenvalue weighted by molar-refractivity contribution is 7.26. The molecule has 0 radical (unpaired) electrons. The molecule has 0 aliphatic heterocycles. The average Bonchev–Trinajstić information content (AvgIpc) is 4.10. The molecule has 4 aromatic heterocycles. The zero-order valence-electron chi connectivity index (χ0n) is 36.9. The maximum absolute atomic E-state index is 6.66. The highest BCUT2D eigenvalue weighted by Gasteiger charge is 2.21. The number of benzene rings is 11. The largest absolute Gasteiger partial charge is 0.456 e. The van der Waals surface area contributed by atoms with Gasteiger partial charge in [0.05, 0.1) is 11.0 Å². The van der Waals surface area contributed by atoms with Gasteiger partial charge in [-0.3, -0.25) is 0 Å². The summed E-state index contributed by atoms with van der Waals surface area (Å²) >= 11 is 1.84. The van der Waals surface area contributed by atoms with Gasteiger partial charge in [-0.05, 0) is 104 Å². The van der Waals surface area contributed by atoms with E-state index in [1.165, 1.54) is 74.5 Å². The Morgan fingerprint density at radius 2 is 0.899 bits per heavy atom. The van der Waals surface area contributed by atoms with Crippen molar-refractivity contribution in [2.45, 2.75) is 0 Å². The van der Waals surface area contributed by atoms with Crippen LogP contribution >= 0.6 is 11.3 Å². The summed E-state index contributed by atoms with van der Waals surface area (Å²) in [4.78, 5) is 15.8. The van der Waals surface area contributed by atoms with Gasteiger partial charge in [-0.25, -0.2) is 15.0 Å². The molecule has 0 bridgehead atoms. The van der Waals surface area contributed by atoms with Crippen molar-refractivity contribution >= 4 is 108 Å². The maximum atomic E-state index is 6.66. The Kier molecular flexibility index (Phi) is 8.17. The smallest absolute Gasteiger partial charge is 0.164 e. The third-order valence-corrected chi connectivity index (χ3v) is 15.2. The van der Waals surface area contributed by atoms with Gasteiger partial charge >= 0.3 is 0 Å². The first-order chi connectivity index (χ1) is 34.2. The highest BCUT2D eigenvalue weighted by atomic mass is 32.1. The monoisotopic (exact) mass is 896 g/mol. The fraction of sp³-hybridized carbons (Fsp3) is 0. The molecule has 320 valence electrons. The van der Waals surface area contributed by atoms with Crippen molar-refractivity contribution in [3.8, 4) is 51.0 Å². The zero-order valence-corrected chi connectivity index (χ0v) is 37.7. The Bertz CT molecular complexity index is 4530. The summed E-state index contributed by atoms with van der Waals surface area (Å²) in [7, 11) is 0. The predicted molar refractivity (Wildman–Crippen MR) is 289 cm³/mol. The van der Waals surface area contributed by atoms with Crippen LogP contribution in [0.1, 0.15) is 0 Å². The minimum absolute atomic E-state index is 0.588. The molecule has 4 heterocycles. The lowest BCUT2D eigenvalue weighted by molar-refractivity contribution is 0.669. The van der Waals surface area contributed by atoms with E-state index in [1.54, 1.807) is 0 Å². The van der Waals surface area contributed by atoms with Crippen molar-refractivity contribution < 1.29 is 4.42 Å². The minimum Gasteiger partial charge on any atom is -0.456 e. The van der Waals surface area contributed by atoms with Gasteiger partial charge in [0.1, 0.15) is 11.2 Å². The Morgan fingerprint density at radius 3 is 1.64 bits per heavy atom. The average molecular weight is 897 g/mol. The Balaban J connectivity index is 0.918. The van der Waals surface area contributed by atoms with E-state index in [1.807, 2.05) is 41.7 Å². The number of aromatic nitrogens is 4. The number of fused-ring (bicyclic) bond motifs is 15. The van der Waals surface area contributed by atoms with E-state index >= 15 is 0 Å². The van der Waals surface area contributed by atoms with Gasteiger partial charge in [0.2, 0.25) is 0 Å². The minimum atomic E-state index is 0.588. The summed E-state index contributed by atoms with van der Waals surface area (Å²) in [5, 5.41) is 14.2. The van der Waals surface area contributed by atoms with Crippen LogP contribution in [0.4, 0.5) is 0 Å². The molecule has 0 atom stereocenters. The highest BCUT2D eigenvalue weighted by Crippen LogP contribution is 2.45. The number of furan rings is 1. The number of thiophene rings is 1.